The lowest BCUT2D eigenvalue weighted by molar-refractivity contribution is 0.297. The fourth-order valence-corrected chi connectivity index (χ4v) is 8.33. The Morgan fingerprint density at radius 3 is 0.683 bits per heavy atom. The second-order valence-corrected chi connectivity index (χ2v) is 16.5. The summed E-state index contributed by atoms with van der Waals surface area (Å²) in [5.41, 5.74) is 14.3. The molecule has 0 saturated carbocycles. The fraction of sp³-hybridized carbons (Fsp3) is 0.429. The van der Waals surface area contributed by atoms with Gasteiger partial charge in [-0.1, -0.05) is 126 Å². The number of rotatable bonds is 24. The molecule has 0 spiro atoms. The van der Waals surface area contributed by atoms with Crippen molar-refractivity contribution in [1.29, 1.82) is 0 Å². The van der Waals surface area contributed by atoms with Gasteiger partial charge in [-0.25, -0.2) is 0 Å². The SMILES string of the molecule is C=CCc1cc2c(OCCCC)c(c1)Cc1cc(CC=C)cc(c1OCCCC)Cc1cc(CC=C)cc(c1OCCCC)Cc1cc(CC=C)cc(c1OCCCC)C2. The molecule has 0 unspecified atom stereocenters. The third-order valence-corrected chi connectivity index (χ3v) is 11.2. The number of allylic oxidation sites excluding steroid dienone is 4. The van der Waals surface area contributed by atoms with Gasteiger partial charge in [-0.05, 0) is 118 Å². The van der Waals surface area contributed by atoms with E-state index in [1.165, 1.54) is 66.8 Å². The Morgan fingerprint density at radius 1 is 0.350 bits per heavy atom. The molecule has 5 rings (SSSR count). The maximum atomic E-state index is 6.93. The van der Waals surface area contributed by atoms with Crippen molar-refractivity contribution in [2.45, 2.75) is 130 Å². The van der Waals surface area contributed by atoms with E-state index in [4.69, 9.17) is 18.9 Å². The molecule has 0 saturated heterocycles. The van der Waals surface area contributed by atoms with E-state index in [1.54, 1.807) is 0 Å². The summed E-state index contributed by atoms with van der Waals surface area (Å²) in [6, 6.07) is 18.7. The van der Waals surface area contributed by atoms with Gasteiger partial charge in [0, 0.05) is 25.7 Å². The highest BCUT2D eigenvalue weighted by Crippen LogP contribution is 2.41. The van der Waals surface area contributed by atoms with Crippen LogP contribution in [0.25, 0.3) is 0 Å². The predicted molar refractivity (Wildman–Crippen MR) is 254 cm³/mol. The van der Waals surface area contributed by atoms with Gasteiger partial charge < -0.3 is 18.9 Å². The zero-order chi connectivity index (χ0) is 42.7. The van der Waals surface area contributed by atoms with Gasteiger partial charge in [0.2, 0.25) is 0 Å². The zero-order valence-corrected chi connectivity index (χ0v) is 37.5. The molecule has 0 atom stereocenters. The summed E-state index contributed by atoms with van der Waals surface area (Å²) in [7, 11) is 0. The Labute approximate surface area is 363 Å². The molecule has 4 heteroatoms. The second kappa shape index (κ2) is 24.3. The maximum absolute atomic E-state index is 6.93. The number of unbranched alkanes of at least 4 members (excludes halogenated alkanes) is 4. The standard InChI is InChI=1S/C56H72O4/c1-9-17-25-57-53-45-29-41(21-13-5)30-46(53)38-48-32-43(23-15-7)34-50(55(48)59-27-19-11-3)40-52-36-44(24-16-8)35-51(56(52)60-28-20-12-4)39-49-33-42(22-14-6)31-47(37-45)54(49)58-26-18-10-2/h13-16,29-36H,5-12,17-28,37-40H2,1-4H3. The van der Waals surface area contributed by atoms with Gasteiger partial charge in [0.25, 0.3) is 0 Å². The Morgan fingerprint density at radius 2 is 0.533 bits per heavy atom. The number of hydrogen-bond acceptors (Lipinski definition) is 4. The van der Waals surface area contributed by atoms with Gasteiger partial charge >= 0.3 is 0 Å². The van der Waals surface area contributed by atoms with Crippen LogP contribution < -0.4 is 18.9 Å². The van der Waals surface area contributed by atoms with E-state index in [0.717, 1.165) is 100 Å². The summed E-state index contributed by atoms with van der Waals surface area (Å²) in [5, 5.41) is 0. The number of ether oxygens (including phenoxy) is 4. The summed E-state index contributed by atoms with van der Waals surface area (Å²) in [6.45, 7) is 28.1. The summed E-state index contributed by atoms with van der Waals surface area (Å²) < 4.78 is 27.7. The van der Waals surface area contributed by atoms with Crippen LogP contribution in [0.3, 0.4) is 0 Å². The first-order valence-electron chi connectivity index (χ1n) is 22.9. The number of hydrogen-bond donors (Lipinski definition) is 0. The lowest BCUT2D eigenvalue weighted by Gasteiger charge is -2.25. The van der Waals surface area contributed by atoms with Crippen LogP contribution >= 0.6 is 0 Å². The molecular weight excluding hydrogens is 737 g/mol. The van der Waals surface area contributed by atoms with Gasteiger partial charge in [0.05, 0.1) is 26.4 Å². The van der Waals surface area contributed by atoms with Crippen LogP contribution in [0.2, 0.25) is 0 Å². The van der Waals surface area contributed by atoms with E-state index in [1.807, 2.05) is 24.3 Å². The molecule has 320 valence electrons. The van der Waals surface area contributed by atoms with Gasteiger partial charge in [0.1, 0.15) is 23.0 Å². The van der Waals surface area contributed by atoms with Crippen molar-refractivity contribution in [1.82, 2.24) is 0 Å². The van der Waals surface area contributed by atoms with Crippen molar-refractivity contribution in [3.8, 4) is 23.0 Å². The lowest BCUT2D eigenvalue weighted by Crippen LogP contribution is -2.12. The fourth-order valence-electron chi connectivity index (χ4n) is 8.33. The number of benzene rings is 4. The smallest absolute Gasteiger partial charge is 0.126 e. The molecule has 4 aromatic rings. The van der Waals surface area contributed by atoms with Crippen molar-refractivity contribution >= 4 is 0 Å². The first-order valence-corrected chi connectivity index (χ1v) is 22.9. The molecule has 0 aliphatic heterocycles. The number of fused-ring (bicyclic) bond motifs is 8. The molecule has 1 aliphatic carbocycles. The average Bonchev–Trinajstić information content (AvgIpc) is 3.22. The normalized spacial score (nSPS) is 12.1. The Bertz CT molecular complexity index is 1660. The van der Waals surface area contributed by atoms with Gasteiger partial charge in [-0.2, -0.15) is 0 Å². The highest BCUT2D eigenvalue weighted by molar-refractivity contribution is 5.59. The van der Waals surface area contributed by atoms with E-state index in [-0.39, 0.29) is 0 Å². The molecule has 0 radical (unpaired) electrons. The van der Waals surface area contributed by atoms with Crippen LogP contribution in [-0.4, -0.2) is 26.4 Å². The molecule has 8 bridgehead atoms. The van der Waals surface area contributed by atoms with Gasteiger partial charge in [0.15, 0.2) is 0 Å². The molecule has 0 amide bonds. The van der Waals surface area contributed by atoms with E-state index < -0.39 is 0 Å². The Kier molecular flexibility index (Phi) is 18.7. The van der Waals surface area contributed by atoms with E-state index >= 15 is 0 Å². The van der Waals surface area contributed by atoms with Crippen molar-refractivity contribution in [2.24, 2.45) is 0 Å². The highest BCUT2D eigenvalue weighted by Gasteiger charge is 2.24. The Balaban J connectivity index is 1.92. The quantitative estimate of drug-likeness (QED) is 0.0460. The third-order valence-electron chi connectivity index (χ3n) is 11.2. The van der Waals surface area contributed by atoms with Gasteiger partial charge in [-0.3, -0.25) is 0 Å². The average molecular weight is 809 g/mol. The molecule has 4 aromatic carbocycles. The van der Waals surface area contributed by atoms with Crippen molar-refractivity contribution in [2.75, 3.05) is 26.4 Å². The van der Waals surface area contributed by atoms with Gasteiger partial charge in [-0.15, -0.1) is 26.3 Å². The summed E-state index contributed by atoms with van der Waals surface area (Å²) >= 11 is 0. The molecule has 4 nitrogen and oxygen atoms in total. The molecular formula is C56H72O4. The lowest BCUT2D eigenvalue weighted by atomic mass is 9.87. The summed E-state index contributed by atoms with van der Waals surface area (Å²) in [6.07, 6.45) is 21.9. The molecule has 0 N–H and O–H groups in total. The second-order valence-electron chi connectivity index (χ2n) is 16.5. The van der Waals surface area contributed by atoms with Crippen LogP contribution in [0.4, 0.5) is 0 Å². The minimum atomic E-state index is 0.656. The maximum Gasteiger partial charge on any atom is 0.126 e. The van der Waals surface area contributed by atoms with E-state index in [0.29, 0.717) is 52.1 Å². The van der Waals surface area contributed by atoms with Crippen molar-refractivity contribution < 1.29 is 18.9 Å². The first kappa shape index (κ1) is 46.1. The third kappa shape index (κ3) is 12.5. The monoisotopic (exact) mass is 809 g/mol. The van der Waals surface area contributed by atoms with E-state index in [9.17, 15) is 0 Å². The Hall–Kier alpha value is -4.96. The highest BCUT2D eigenvalue weighted by atomic mass is 16.5. The summed E-state index contributed by atoms with van der Waals surface area (Å²) in [4.78, 5) is 0. The largest absolute Gasteiger partial charge is 0.493 e. The van der Waals surface area contributed by atoms with E-state index in [2.05, 4.69) is 103 Å². The molecule has 60 heavy (non-hydrogen) atoms. The molecule has 1 aliphatic rings. The minimum absolute atomic E-state index is 0.656. The molecule has 0 heterocycles. The van der Waals surface area contributed by atoms with Crippen LogP contribution in [0, 0.1) is 0 Å². The van der Waals surface area contributed by atoms with Crippen LogP contribution in [0.1, 0.15) is 146 Å². The predicted octanol–water partition coefficient (Wildman–Crippen LogP) is 14.0. The summed E-state index contributed by atoms with van der Waals surface area (Å²) in [5.74, 6) is 3.89. The van der Waals surface area contributed by atoms with Crippen molar-refractivity contribution in [3.63, 3.8) is 0 Å². The first-order chi connectivity index (χ1) is 29.4. The topological polar surface area (TPSA) is 36.9 Å². The van der Waals surface area contributed by atoms with Crippen LogP contribution in [0.5, 0.6) is 23.0 Å². The minimum Gasteiger partial charge on any atom is -0.493 e. The van der Waals surface area contributed by atoms with Crippen molar-refractivity contribution in [3.05, 3.63) is 166 Å². The molecule has 0 aromatic heterocycles. The van der Waals surface area contributed by atoms with Crippen LogP contribution in [-0.2, 0) is 51.4 Å². The zero-order valence-electron chi connectivity index (χ0n) is 37.5. The molecule has 0 fully saturated rings. The van der Waals surface area contributed by atoms with Crippen LogP contribution in [0.15, 0.2) is 99.2 Å².